The Morgan fingerprint density at radius 1 is 1.21 bits per heavy atom. The molecule has 2 aliphatic rings. The highest BCUT2D eigenvalue weighted by Gasteiger charge is 2.38. The maximum Gasteiger partial charge on any atom is 0.227 e. The van der Waals surface area contributed by atoms with Crippen molar-refractivity contribution in [3.8, 4) is 5.75 Å². The van der Waals surface area contributed by atoms with E-state index in [0.29, 0.717) is 24.1 Å². The second kappa shape index (κ2) is 9.35. The molecule has 170 valence electrons. The highest BCUT2D eigenvalue weighted by molar-refractivity contribution is 9.10. The predicted octanol–water partition coefficient (Wildman–Crippen LogP) is 6.06. The maximum absolute atomic E-state index is 13.1. The standard InChI is InChI=1S/C25H25BrN4O2S/c1-3-33-25-28-24-27-19-5-4-6-20(31)22(19)23(30(24)29-25)18-13-17(26)11-12-21(18)32-14-16-9-7-15(2)8-10-16/h7-13,23H,3-6,14H2,1-2H3,(H,27,28,29). The Bertz CT molecular complexity index is 1240. The van der Waals surface area contributed by atoms with E-state index in [1.165, 1.54) is 5.56 Å². The number of allylic oxidation sites excluding steroid dienone is 2. The number of nitrogens with one attached hydrogen (secondary N) is 1. The van der Waals surface area contributed by atoms with Gasteiger partial charge < -0.3 is 10.1 Å². The fourth-order valence-electron chi connectivity index (χ4n) is 4.32. The largest absolute Gasteiger partial charge is 0.489 e. The second-order valence-corrected chi connectivity index (χ2v) is 10.4. The predicted molar refractivity (Wildman–Crippen MR) is 134 cm³/mol. The molecule has 5 rings (SSSR count). The molecule has 0 amide bonds. The molecule has 0 fully saturated rings. The number of carbonyl (C=O) groups excluding carboxylic acids is 1. The van der Waals surface area contributed by atoms with Gasteiger partial charge in [-0.3, -0.25) is 4.79 Å². The molecule has 33 heavy (non-hydrogen) atoms. The fraction of sp³-hybridized carbons (Fsp3) is 0.320. The Kier molecular flexibility index (Phi) is 6.29. The molecular formula is C25H25BrN4O2S. The summed E-state index contributed by atoms with van der Waals surface area (Å²) in [5, 5.41) is 8.86. The van der Waals surface area contributed by atoms with Crippen LogP contribution < -0.4 is 10.1 Å². The Morgan fingerprint density at radius 3 is 2.82 bits per heavy atom. The van der Waals surface area contributed by atoms with Crippen LogP contribution in [-0.2, 0) is 11.4 Å². The molecule has 2 aromatic carbocycles. The molecule has 1 atom stereocenters. The minimum Gasteiger partial charge on any atom is -0.489 e. The summed E-state index contributed by atoms with van der Waals surface area (Å²) in [6.07, 6.45) is 2.22. The summed E-state index contributed by atoms with van der Waals surface area (Å²) in [4.78, 5) is 17.8. The molecule has 6 nitrogen and oxygen atoms in total. The molecular weight excluding hydrogens is 500 g/mol. The lowest BCUT2D eigenvalue weighted by Gasteiger charge is -2.33. The number of hydrogen-bond acceptors (Lipinski definition) is 6. The SMILES string of the molecule is CCSc1nc2n(n1)C(c1cc(Br)ccc1OCc1ccc(C)cc1)C1=C(CCCC1=O)N2. The van der Waals surface area contributed by atoms with E-state index < -0.39 is 0 Å². The summed E-state index contributed by atoms with van der Waals surface area (Å²) in [5.74, 6) is 2.45. The number of aryl methyl sites for hydroxylation is 1. The quantitative estimate of drug-likeness (QED) is 0.395. The number of fused-ring (bicyclic) bond motifs is 1. The Balaban J connectivity index is 1.59. The number of thioether (sulfide) groups is 1. The van der Waals surface area contributed by atoms with Gasteiger partial charge in [0, 0.05) is 27.7 Å². The Hall–Kier alpha value is -2.58. The molecule has 0 bridgehead atoms. The van der Waals surface area contributed by atoms with Crippen LogP contribution in [0.5, 0.6) is 5.75 Å². The van der Waals surface area contributed by atoms with Gasteiger partial charge >= 0.3 is 0 Å². The van der Waals surface area contributed by atoms with Crippen LogP contribution in [0.25, 0.3) is 0 Å². The summed E-state index contributed by atoms with van der Waals surface area (Å²) in [6.45, 7) is 4.59. The van der Waals surface area contributed by atoms with E-state index in [2.05, 4.69) is 59.4 Å². The summed E-state index contributed by atoms with van der Waals surface area (Å²) in [5.41, 5.74) is 4.93. The summed E-state index contributed by atoms with van der Waals surface area (Å²) in [6, 6.07) is 13.9. The van der Waals surface area contributed by atoms with Crippen molar-refractivity contribution in [2.75, 3.05) is 11.1 Å². The Morgan fingerprint density at radius 2 is 2.03 bits per heavy atom. The molecule has 3 aromatic rings. The average molecular weight is 525 g/mol. The zero-order valence-electron chi connectivity index (χ0n) is 18.6. The van der Waals surface area contributed by atoms with Crippen LogP contribution in [-0.4, -0.2) is 26.3 Å². The van der Waals surface area contributed by atoms with Crippen molar-refractivity contribution in [3.05, 3.63) is 74.9 Å². The Labute approximate surface area is 206 Å². The molecule has 8 heteroatoms. The highest BCUT2D eigenvalue weighted by atomic mass is 79.9. The van der Waals surface area contributed by atoms with E-state index in [0.717, 1.165) is 51.2 Å². The van der Waals surface area contributed by atoms with Gasteiger partial charge in [0.1, 0.15) is 18.4 Å². The number of Topliss-reactive ketones (excluding diaryl/α,β-unsaturated/α-hetero) is 1. The van der Waals surface area contributed by atoms with Crippen LogP contribution in [0.3, 0.4) is 0 Å². The molecule has 0 spiro atoms. The van der Waals surface area contributed by atoms with Crippen molar-refractivity contribution in [1.29, 1.82) is 0 Å². The zero-order chi connectivity index (χ0) is 22.9. The number of carbonyl (C=O) groups is 1. The molecule has 1 aromatic heterocycles. The number of ether oxygens (including phenoxy) is 1. The van der Waals surface area contributed by atoms with Gasteiger partial charge in [0.15, 0.2) is 5.78 Å². The molecule has 1 aliphatic carbocycles. The lowest BCUT2D eigenvalue weighted by molar-refractivity contribution is -0.116. The van der Waals surface area contributed by atoms with Gasteiger partial charge in [0.05, 0.1) is 0 Å². The van der Waals surface area contributed by atoms with Crippen LogP contribution in [0.15, 0.2) is 63.4 Å². The first-order valence-corrected chi connectivity index (χ1v) is 12.9. The van der Waals surface area contributed by atoms with Gasteiger partial charge in [-0.1, -0.05) is 64.4 Å². The van der Waals surface area contributed by atoms with Crippen molar-refractivity contribution in [2.24, 2.45) is 0 Å². The van der Waals surface area contributed by atoms with Crippen molar-refractivity contribution >= 4 is 39.4 Å². The second-order valence-electron chi connectivity index (χ2n) is 8.25. The molecule has 2 heterocycles. The van der Waals surface area contributed by atoms with Crippen LogP contribution in [0, 0.1) is 6.92 Å². The van der Waals surface area contributed by atoms with Gasteiger partial charge in [-0.15, -0.1) is 5.10 Å². The van der Waals surface area contributed by atoms with E-state index in [-0.39, 0.29) is 11.8 Å². The van der Waals surface area contributed by atoms with Gasteiger partial charge in [0.2, 0.25) is 11.1 Å². The van der Waals surface area contributed by atoms with Crippen molar-refractivity contribution in [1.82, 2.24) is 14.8 Å². The van der Waals surface area contributed by atoms with Crippen molar-refractivity contribution in [3.63, 3.8) is 0 Å². The topological polar surface area (TPSA) is 69.0 Å². The first kappa shape index (κ1) is 22.2. The summed E-state index contributed by atoms with van der Waals surface area (Å²) in [7, 11) is 0. The summed E-state index contributed by atoms with van der Waals surface area (Å²) < 4.78 is 9.09. The maximum atomic E-state index is 13.1. The van der Waals surface area contributed by atoms with E-state index in [1.807, 2.05) is 22.9 Å². The number of anilines is 1. The highest BCUT2D eigenvalue weighted by Crippen LogP contribution is 2.44. The molecule has 0 radical (unpaired) electrons. The van der Waals surface area contributed by atoms with Crippen LogP contribution in [0.1, 0.15) is 48.9 Å². The summed E-state index contributed by atoms with van der Waals surface area (Å²) >= 11 is 5.21. The lowest BCUT2D eigenvalue weighted by Crippen LogP contribution is -2.31. The third-order valence-corrected chi connectivity index (χ3v) is 7.12. The molecule has 1 N–H and O–H groups in total. The van der Waals surface area contributed by atoms with Gasteiger partial charge in [0.25, 0.3) is 0 Å². The average Bonchev–Trinajstić information content (AvgIpc) is 3.20. The first-order valence-electron chi connectivity index (χ1n) is 11.1. The van der Waals surface area contributed by atoms with Gasteiger partial charge in [-0.05, 0) is 49.3 Å². The van der Waals surface area contributed by atoms with Crippen LogP contribution in [0.4, 0.5) is 5.95 Å². The third kappa shape index (κ3) is 4.46. The van der Waals surface area contributed by atoms with E-state index >= 15 is 0 Å². The van der Waals surface area contributed by atoms with E-state index in [4.69, 9.17) is 14.8 Å². The molecule has 0 saturated heterocycles. The number of nitrogens with zero attached hydrogens (tertiary/aromatic N) is 3. The van der Waals surface area contributed by atoms with Gasteiger partial charge in [-0.25, -0.2) is 4.68 Å². The minimum absolute atomic E-state index is 0.157. The number of hydrogen-bond donors (Lipinski definition) is 1. The zero-order valence-corrected chi connectivity index (χ0v) is 21.0. The monoisotopic (exact) mass is 524 g/mol. The van der Waals surface area contributed by atoms with Crippen molar-refractivity contribution < 1.29 is 9.53 Å². The normalized spacial score (nSPS) is 17.4. The van der Waals surface area contributed by atoms with E-state index in [1.54, 1.807) is 11.8 Å². The molecule has 1 aliphatic heterocycles. The smallest absolute Gasteiger partial charge is 0.227 e. The van der Waals surface area contributed by atoms with Crippen LogP contribution in [0.2, 0.25) is 0 Å². The number of ketones is 1. The molecule has 1 unspecified atom stereocenters. The first-order chi connectivity index (χ1) is 16.0. The van der Waals surface area contributed by atoms with Crippen LogP contribution >= 0.6 is 27.7 Å². The van der Waals surface area contributed by atoms with Gasteiger partial charge in [-0.2, -0.15) is 4.98 Å². The number of rotatable bonds is 6. The minimum atomic E-state index is -0.381. The number of benzene rings is 2. The van der Waals surface area contributed by atoms with Crippen molar-refractivity contribution in [2.45, 2.75) is 50.9 Å². The number of halogens is 1. The molecule has 0 saturated carbocycles. The van der Waals surface area contributed by atoms with E-state index in [9.17, 15) is 4.79 Å². The third-order valence-electron chi connectivity index (χ3n) is 5.90. The fourth-order valence-corrected chi connectivity index (χ4v) is 5.26. The lowest BCUT2D eigenvalue weighted by atomic mass is 9.85. The number of aromatic nitrogens is 3.